The fourth-order valence-corrected chi connectivity index (χ4v) is 2.63. The summed E-state index contributed by atoms with van der Waals surface area (Å²) in [6.07, 6.45) is 1.53. The van der Waals surface area contributed by atoms with Crippen molar-refractivity contribution < 1.29 is 4.74 Å². The molecule has 25 heavy (non-hydrogen) atoms. The highest BCUT2D eigenvalue weighted by Gasteiger charge is 2.13. The molecule has 0 radical (unpaired) electrons. The molecule has 7 nitrogen and oxygen atoms in total. The van der Waals surface area contributed by atoms with E-state index in [2.05, 4.69) is 15.3 Å². The number of ether oxygens (including phenoxy) is 1. The van der Waals surface area contributed by atoms with E-state index in [0.717, 1.165) is 17.0 Å². The molecule has 0 aliphatic carbocycles. The van der Waals surface area contributed by atoms with Gasteiger partial charge >= 0.3 is 0 Å². The maximum Gasteiger partial charge on any atom is 0.283 e. The first-order valence-electron chi connectivity index (χ1n) is 7.75. The Morgan fingerprint density at radius 3 is 2.52 bits per heavy atom. The Bertz CT molecular complexity index is 1070. The summed E-state index contributed by atoms with van der Waals surface area (Å²) in [6.45, 7) is 0.442. The van der Waals surface area contributed by atoms with Crippen molar-refractivity contribution in [1.29, 1.82) is 0 Å². The quantitative estimate of drug-likeness (QED) is 0.571. The molecular weight excluding hydrogens is 318 g/mol. The van der Waals surface area contributed by atoms with Crippen molar-refractivity contribution in [2.24, 2.45) is 0 Å². The van der Waals surface area contributed by atoms with Gasteiger partial charge in [-0.05, 0) is 29.8 Å². The van der Waals surface area contributed by atoms with Crippen LogP contribution in [0.3, 0.4) is 0 Å². The zero-order valence-electron chi connectivity index (χ0n) is 13.5. The number of methoxy groups -OCH3 is 1. The minimum atomic E-state index is -0.214. The lowest BCUT2D eigenvalue weighted by molar-refractivity contribution is 0.414. The van der Waals surface area contributed by atoms with E-state index < -0.39 is 0 Å². The van der Waals surface area contributed by atoms with Crippen LogP contribution in [-0.2, 0) is 6.54 Å². The minimum Gasteiger partial charge on any atom is -0.497 e. The topological polar surface area (TPSA) is 74.8 Å². The van der Waals surface area contributed by atoms with Crippen LogP contribution in [0, 0.1) is 0 Å². The smallest absolute Gasteiger partial charge is 0.283 e. The number of benzene rings is 2. The van der Waals surface area contributed by atoms with E-state index in [0.29, 0.717) is 12.2 Å². The summed E-state index contributed by atoms with van der Waals surface area (Å²) in [5.41, 5.74) is 2.24. The van der Waals surface area contributed by atoms with Gasteiger partial charge in [-0.15, -0.1) is 5.10 Å². The van der Waals surface area contributed by atoms with Crippen LogP contribution < -0.4 is 10.3 Å². The van der Waals surface area contributed by atoms with Gasteiger partial charge in [0.1, 0.15) is 12.1 Å². The zero-order valence-corrected chi connectivity index (χ0v) is 13.5. The fraction of sp³-hybridized carbons (Fsp3) is 0.111. The van der Waals surface area contributed by atoms with Crippen molar-refractivity contribution in [3.63, 3.8) is 0 Å². The Morgan fingerprint density at radius 1 is 1.04 bits per heavy atom. The van der Waals surface area contributed by atoms with Crippen molar-refractivity contribution in [2.75, 3.05) is 7.11 Å². The number of hydrogen-bond acceptors (Lipinski definition) is 5. The predicted molar refractivity (Wildman–Crippen MR) is 93.0 cm³/mol. The summed E-state index contributed by atoms with van der Waals surface area (Å²) in [7, 11) is 1.61. The molecule has 4 rings (SSSR count). The van der Waals surface area contributed by atoms with Gasteiger partial charge in [-0.1, -0.05) is 35.5 Å². The van der Waals surface area contributed by atoms with Crippen LogP contribution in [-0.4, -0.2) is 31.7 Å². The van der Waals surface area contributed by atoms with Crippen LogP contribution in [0.4, 0.5) is 0 Å². The molecule has 0 aliphatic rings. The van der Waals surface area contributed by atoms with E-state index in [1.807, 2.05) is 54.6 Å². The van der Waals surface area contributed by atoms with E-state index in [1.165, 1.54) is 10.9 Å². The van der Waals surface area contributed by atoms with Gasteiger partial charge in [0.15, 0.2) is 11.2 Å². The monoisotopic (exact) mass is 333 g/mol. The molecule has 0 saturated heterocycles. The fourth-order valence-electron chi connectivity index (χ4n) is 2.63. The highest BCUT2D eigenvalue weighted by Crippen LogP contribution is 2.16. The SMILES string of the molecule is COc1ccc(-n2nnc3c(=O)n(Cc4ccccc4)cnc32)cc1. The van der Waals surface area contributed by atoms with Crippen molar-refractivity contribution in [1.82, 2.24) is 24.5 Å². The normalized spacial score (nSPS) is 10.9. The third-order valence-corrected chi connectivity index (χ3v) is 3.94. The summed E-state index contributed by atoms with van der Waals surface area (Å²) in [5, 5.41) is 8.11. The highest BCUT2D eigenvalue weighted by atomic mass is 16.5. The molecule has 0 unspecified atom stereocenters. The van der Waals surface area contributed by atoms with E-state index in [1.54, 1.807) is 11.8 Å². The Hall–Kier alpha value is -3.48. The standard InChI is InChI=1S/C18H15N5O2/c1-25-15-9-7-14(8-10-15)23-17-16(20-21-23)18(24)22(12-19-17)11-13-5-3-2-4-6-13/h2-10,12H,11H2,1H3. The molecule has 0 saturated carbocycles. The number of fused-ring (bicyclic) bond motifs is 1. The predicted octanol–water partition coefficient (Wildman–Crippen LogP) is 2.03. The van der Waals surface area contributed by atoms with Gasteiger partial charge < -0.3 is 4.74 Å². The average Bonchev–Trinajstić information content (AvgIpc) is 3.10. The van der Waals surface area contributed by atoms with Crippen molar-refractivity contribution in [3.8, 4) is 11.4 Å². The summed E-state index contributed by atoms with van der Waals surface area (Å²) in [5.74, 6) is 0.742. The van der Waals surface area contributed by atoms with E-state index >= 15 is 0 Å². The molecule has 7 heteroatoms. The Balaban J connectivity index is 1.75. The van der Waals surface area contributed by atoms with Gasteiger partial charge in [0.2, 0.25) is 0 Å². The third-order valence-electron chi connectivity index (χ3n) is 3.94. The summed E-state index contributed by atoms with van der Waals surface area (Å²) < 4.78 is 8.23. The molecule has 0 amide bonds. The lowest BCUT2D eigenvalue weighted by atomic mass is 10.2. The van der Waals surface area contributed by atoms with Gasteiger partial charge in [0.25, 0.3) is 5.56 Å². The molecule has 0 aliphatic heterocycles. The first kappa shape index (κ1) is 15.1. The molecule has 0 bridgehead atoms. The maximum atomic E-state index is 12.7. The van der Waals surface area contributed by atoms with Gasteiger partial charge in [-0.2, -0.15) is 4.68 Å². The second kappa shape index (κ2) is 6.20. The number of aromatic nitrogens is 5. The lowest BCUT2D eigenvalue weighted by Crippen LogP contribution is -2.21. The maximum absolute atomic E-state index is 12.7. The van der Waals surface area contributed by atoms with Crippen molar-refractivity contribution in [3.05, 3.63) is 76.8 Å². The second-order valence-corrected chi connectivity index (χ2v) is 5.53. The molecular formula is C18H15N5O2. The van der Waals surface area contributed by atoms with Gasteiger partial charge in [-0.25, -0.2) is 4.98 Å². The van der Waals surface area contributed by atoms with E-state index in [4.69, 9.17) is 4.74 Å². The van der Waals surface area contributed by atoms with Crippen LogP contribution in [0.5, 0.6) is 5.75 Å². The molecule has 4 aromatic rings. The number of hydrogen-bond donors (Lipinski definition) is 0. The number of nitrogens with zero attached hydrogens (tertiary/aromatic N) is 5. The zero-order chi connectivity index (χ0) is 17.2. The molecule has 124 valence electrons. The van der Waals surface area contributed by atoms with Crippen LogP contribution in [0.15, 0.2) is 65.7 Å². The van der Waals surface area contributed by atoms with Crippen molar-refractivity contribution >= 4 is 11.2 Å². The molecule has 2 heterocycles. The van der Waals surface area contributed by atoms with Gasteiger partial charge in [0.05, 0.1) is 19.3 Å². The first-order valence-corrected chi connectivity index (χ1v) is 7.75. The van der Waals surface area contributed by atoms with Crippen LogP contribution in [0.1, 0.15) is 5.56 Å². The molecule has 0 atom stereocenters. The molecule has 2 aromatic heterocycles. The Labute approximate surface area is 143 Å². The minimum absolute atomic E-state index is 0.214. The molecule has 0 N–H and O–H groups in total. The average molecular weight is 333 g/mol. The number of rotatable bonds is 4. The van der Waals surface area contributed by atoms with Gasteiger partial charge in [-0.3, -0.25) is 9.36 Å². The van der Waals surface area contributed by atoms with Crippen LogP contribution >= 0.6 is 0 Å². The highest BCUT2D eigenvalue weighted by molar-refractivity contribution is 5.70. The lowest BCUT2D eigenvalue weighted by Gasteiger charge is -2.06. The second-order valence-electron chi connectivity index (χ2n) is 5.53. The summed E-state index contributed by atoms with van der Waals surface area (Å²) in [6, 6.07) is 17.1. The van der Waals surface area contributed by atoms with Crippen LogP contribution in [0.25, 0.3) is 16.9 Å². The summed E-state index contributed by atoms with van der Waals surface area (Å²) in [4.78, 5) is 17.1. The van der Waals surface area contributed by atoms with Crippen LogP contribution in [0.2, 0.25) is 0 Å². The Kier molecular flexibility index (Phi) is 3.74. The summed E-state index contributed by atoms with van der Waals surface area (Å²) >= 11 is 0. The molecule has 2 aromatic carbocycles. The van der Waals surface area contributed by atoms with Crippen molar-refractivity contribution in [2.45, 2.75) is 6.54 Å². The Morgan fingerprint density at radius 2 is 1.80 bits per heavy atom. The van der Waals surface area contributed by atoms with Gasteiger partial charge in [0, 0.05) is 0 Å². The molecule has 0 spiro atoms. The molecule has 0 fully saturated rings. The largest absolute Gasteiger partial charge is 0.497 e. The third kappa shape index (κ3) is 2.76. The van der Waals surface area contributed by atoms with E-state index in [9.17, 15) is 4.79 Å². The first-order chi connectivity index (χ1) is 12.3. The van der Waals surface area contributed by atoms with E-state index in [-0.39, 0.29) is 11.1 Å².